The molecule has 4 rings (SSSR count). The van der Waals surface area contributed by atoms with Gasteiger partial charge >= 0.3 is 5.97 Å². The zero-order valence-corrected chi connectivity index (χ0v) is 20.6. The van der Waals surface area contributed by atoms with Crippen LogP contribution < -0.4 is 5.32 Å². The standard InChI is InChI=1S/C29H31N3O3/c1-19(2)16-26(29(33)34-4)30-18-21-10-8-13-23(17-21)27-31-32-28(35-27)25-15-9-14-24(20(25)3)22-11-6-5-7-12-22/h5-15,17,19,26,30H,16,18H2,1-4H3/t26-/m0/s1. The number of benzene rings is 3. The normalized spacial score (nSPS) is 12.0. The van der Waals surface area contributed by atoms with Crippen molar-refractivity contribution in [1.29, 1.82) is 0 Å². The van der Waals surface area contributed by atoms with Crippen molar-refractivity contribution in [2.75, 3.05) is 7.11 Å². The summed E-state index contributed by atoms with van der Waals surface area (Å²) in [5.41, 5.74) is 6.14. The molecule has 0 aliphatic heterocycles. The number of nitrogens with one attached hydrogen (secondary N) is 1. The molecule has 0 aliphatic carbocycles. The molecule has 1 N–H and O–H groups in total. The quantitative estimate of drug-likeness (QED) is 0.300. The number of carbonyl (C=O) groups is 1. The average Bonchev–Trinajstić information content (AvgIpc) is 3.37. The molecule has 0 unspecified atom stereocenters. The predicted octanol–water partition coefficient (Wildman–Crippen LogP) is 6.06. The predicted molar refractivity (Wildman–Crippen MR) is 137 cm³/mol. The van der Waals surface area contributed by atoms with E-state index in [4.69, 9.17) is 9.15 Å². The van der Waals surface area contributed by atoms with Crippen LogP contribution in [0.25, 0.3) is 34.0 Å². The molecule has 0 aliphatic rings. The van der Waals surface area contributed by atoms with E-state index in [0.29, 0.717) is 30.7 Å². The second-order valence-electron chi connectivity index (χ2n) is 9.04. The van der Waals surface area contributed by atoms with Crippen molar-refractivity contribution in [3.05, 3.63) is 83.9 Å². The van der Waals surface area contributed by atoms with Gasteiger partial charge in [0.2, 0.25) is 11.8 Å². The zero-order chi connectivity index (χ0) is 24.8. The number of esters is 1. The van der Waals surface area contributed by atoms with E-state index >= 15 is 0 Å². The molecule has 0 saturated heterocycles. The van der Waals surface area contributed by atoms with Crippen LogP contribution in [0.5, 0.6) is 0 Å². The molecule has 0 radical (unpaired) electrons. The number of carbonyl (C=O) groups excluding carboxylic acids is 1. The van der Waals surface area contributed by atoms with Gasteiger partial charge in [-0.3, -0.25) is 4.79 Å². The fourth-order valence-corrected chi connectivity index (χ4v) is 4.18. The molecule has 0 amide bonds. The van der Waals surface area contributed by atoms with E-state index in [9.17, 15) is 4.79 Å². The van der Waals surface area contributed by atoms with Crippen molar-refractivity contribution in [1.82, 2.24) is 15.5 Å². The lowest BCUT2D eigenvalue weighted by Gasteiger charge is -2.18. The summed E-state index contributed by atoms with van der Waals surface area (Å²) >= 11 is 0. The highest BCUT2D eigenvalue weighted by Crippen LogP contribution is 2.32. The van der Waals surface area contributed by atoms with Crippen molar-refractivity contribution in [2.24, 2.45) is 5.92 Å². The Balaban J connectivity index is 1.54. The SMILES string of the molecule is COC(=O)[C@H](CC(C)C)NCc1cccc(-c2nnc(-c3cccc(-c4ccccc4)c3C)o2)c1. The van der Waals surface area contributed by atoms with E-state index < -0.39 is 0 Å². The van der Waals surface area contributed by atoms with Crippen LogP contribution in [-0.4, -0.2) is 29.3 Å². The molecule has 1 heterocycles. The van der Waals surface area contributed by atoms with Gasteiger partial charge in [0.25, 0.3) is 0 Å². The monoisotopic (exact) mass is 469 g/mol. The maximum absolute atomic E-state index is 12.1. The number of ether oxygens (including phenoxy) is 1. The van der Waals surface area contributed by atoms with Gasteiger partial charge in [-0.2, -0.15) is 0 Å². The average molecular weight is 470 g/mol. The minimum atomic E-state index is -0.349. The number of nitrogens with zero attached hydrogens (tertiary/aromatic N) is 2. The van der Waals surface area contributed by atoms with Gasteiger partial charge in [0.1, 0.15) is 6.04 Å². The lowest BCUT2D eigenvalue weighted by atomic mass is 9.96. The highest BCUT2D eigenvalue weighted by molar-refractivity contribution is 5.76. The molecule has 35 heavy (non-hydrogen) atoms. The molecule has 0 fully saturated rings. The van der Waals surface area contributed by atoms with Gasteiger partial charge in [0.15, 0.2) is 0 Å². The maximum Gasteiger partial charge on any atom is 0.322 e. The smallest absolute Gasteiger partial charge is 0.322 e. The summed E-state index contributed by atoms with van der Waals surface area (Å²) in [4.78, 5) is 12.1. The number of aromatic nitrogens is 2. The van der Waals surface area contributed by atoms with Crippen molar-refractivity contribution in [2.45, 2.75) is 39.8 Å². The number of hydrogen-bond donors (Lipinski definition) is 1. The summed E-state index contributed by atoms with van der Waals surface area (Å²) in [5.74, 6) is 1.07. The zero-order valence-electron chi connectivity index (χ0n) is 20.6. The van der Waals surface area contributed by atoms with E-state index in [1.807, 2.05) is 54.6 Å². The van der Waals surface area contributed by atoms with Gasteiger partial charge < -0.3 is 14.5 Å². The Morgan fingerprint density at radius 1 is 0.914 bits per heavy atom. The van der Waals surface area contributed by atoms with Gasteiger partial charge in [0, 0.05) is 17.7 Å². The molecule has 0 bridgehead atoms. The molecule has 180 valence electrons. The first-order chi connectivity index (χ1) is 17.0. The molecule has 1 aromatic heterocycles. The van der Waals surface area contributed by atoms with Crippen molar-refractivity contribution in [3.8, 4) is 34.0 Å². The molecular formula is C29H31N3O3. The van der Waals surface area contributed by atoms with Gasteiger partial charge in [-0.15, -0.1) is 10.2 Å². The molecule has 0 saturated carbocycles. The third kappa shape index (κ3) is 5.84. The Morgan fingerprint density at radius 3 is 2.34 bits per heavy atom. The molecule has 0 spiro atoms. The third-order valence-corrected chi connectivity index (χ3v) is 5.99. The fourth-order valence-electron chi connectivity index (χ4n) is 4.18. The fraction of sp³-hybridized carbons (Fsp3) is 0.276. The third-order valence-electron chi connectivity index (χ3n) is 5.99. The minimum Gasteiger partial charge on any atom is -0.468 e. The van der Waals surface area contributed by atoms with Crippen LogP contribution in [0.4, 0.5) is 0 Å². The van der Waals surface area contributed by atoms with Gasteiger partial charge in [0.05, 0.1) is 7.11 Å². The van der Waals surface area contributed by atoms with E-state index in [0.717, 1.165) is 33.4 Å². The Morgan fingerprint density at radius 2 is 1.60 bits per heavy atom. The maximum atomic E-state index is 12.1. The summed E-state index contributed by atoms with van der Waals surface area (Å²) in [7, 11) is 1.42. The molecule has 4 aromatic rings. The van der Waals surface area contributed by atoms with Gasteiger partial charge in [-0.25, -0.2) is 0 Å². The number of methoxy groups -OCH3 is 1. The van der Waals surface area contributed by atoms with Crippen molar-refractivity contribution < 1.29 is 13.9 Å². The first kappa shape index (κ1) is 24.4. The Bertz CT molecular complexity index is 1280. The number of hydrogen-bond acceptors (Lipinski definition) is 6. The Kier molecular flexibility index (Phi) is 7.73. The second kappa shape index (κ2) is 11.1. The lowest BCUT2D eigenvalue weighted by molar-refractivity contribution is -0.143. The lowest BCUT2D eigenvalue weighted by Crippen LogP contribution is -2.38. The van der Waals surface area contributed by atoms with Crippen LogP contribution in [0.1, 0.15) is 31.4 Å². The Hall–Kier alpha value is -3.77. The summed E-state index contributed by atoms with van der Waals surface area (Å²) in [6, 6.07) is 23.9. The van der Waals surface area contributed by atoms with Crippen LogP contribution in [0.3, 0.4) is 0 Å². The first-order valence-electron chi connectivity index (χ1n) is 11.9. The van der Waals surface area contributed by atoms with Crippen molar-refractivity contribution >= 4 is 5.97 Å². The van der Waals surface area contributed by atoms with Crippen LogP contribution in [0.15, 0.2) is 77.2 Å². The van der Waals surface area contributed by atoms with Crippen LogP contribution in [-0.2, 0) is 16.1 Å². The topological polar surface area (TPSA) is 77.2 Å². The summed E-state index contributed by atoms with van der Waals surface area (Å²) in [6.45, 7) is 6.77. The molecular weight excluding hydrogens is 438 g/mol. The first-order valence-corrected chi connectivity index (χ1v) is 11.9. The highest BCUT2D eigenvalue weighted by Gasteiger charge is 2.20. The van der Waals surface area contributed by atoms with E-state index in [1.54, 1.807) is 0 Å². The summed E-state index contributed by atoms with van der Waals surface area (Å²) in [5, 5.41) is 12.0. The second-order valence-corrected chi connectivity index (χ2v) is 9.04. The van der Waals surface area contributed by atoms with E-state index in [-0.39, 0.29) is 12.0 Å². The van der Waals surface area contributed by atoms with Crippen LogP contribution in [0.2, 0.25) is 0 Å². The van der Waals surface area contributed by atoms with E-state index in [1.165, 1.54) is 7.11 Å². The molecule has 3 aromatic carbocycles. The largest absolute Gasteiger partial charge is 0.468 e. The van der Waals surface area contributed by atoms with E-state index in [2.05, 4.69) is 54.5 Å². The summed E-state index contributed by atoms with van der Waals surface area (Å²) in [6.07, 6.45) is 0.709. The number of rotatable bonds is 9. The summed E-state index contributed by atoms with van der Waals surface area (Å²) < 4.78 is 11.1. The molecule has 6 heteroatoms. The van der Waals surface area contributed by atoms with Crippen molar-refractivity contribution in [3.63, 3.8) is 0 Å². The Labute approximate surface area is 206 Å². The minimum absolute atomic E-state index is 0.246. The highest BCUT2D eigenvalue weighted by atomic mass is 16.5. The molecule has 6 nitrogen and oxygen atoms in total. The van der Waals surface area contributed by atoms with Gasteiger partial charge in [-0.1, -0.05) is 68.4 Å². The van der Waals surface area contributed by atoms with Crippen LogP contribution in [0, 0.1) is 12.8 Å². The van der Waals surface area contributed by atoms with Gasteiger partial charge in [-0.05, 0) is 59.7 Å². The van der Waals surface area contributed by atoms with Crippen LogP contribution >= 0.6 is 0 Å². The molecule has 1 atom stereocenters.